The van der Waals surface area contributed by atoms with Crippen molar-refractivity contribution < 1.29 is 9.53 Å². The molecule has 2 atom stereocenters. The van der Waals surface area contributed by atoms with Crippen molar-refractivity contribution in [2.24, 2.45) is 0 Å². The van der Waals surface area contributed by atoms with E-state index in [-0.39, 0.29) is 5.97 Å². The van der Waals surface area contributed by atoms with Crippen LogP contribution < -0.4 is 5.32 Å². The summed E-state index contributed by atoms with van der Waals surface area (Å²) in [5.41, 5.74) is 0.363. The Labute approximate surface area is 134 Å². The molecule has 1 aromatic carbocycles. The molecule has 3 rings (SSSR count). The van der Waals surface area contributed by atoms with Crippen molar-refractivity contribution in [3.05, 3.63) is 28.7 Å². The quantitative estimate of drug-likeness (QED) is 0.849. The SMILES string of the molecule is COC(=O)C1(Nc2cccc(Br)c2)CCN2CCCC2C1. The Morgan fingerprint density at radius 2 is 2.33 bits per heavy atom. The number of ether oxygens (including phenoxy) is 1. The Kier molecular flexibility index (Phi) is 4.22. The summed E-state index contributed by atoms with van der Waals surface area (Å²) >= 11 is 3.48. The second-order valence-corrected chi connectivity index (χ2v) is 6.91. The maximum Gasteiger partial charge on any atom is 0.331 e. The van der Waals surface area contributed by atoms with Crippen molar-refractivity contribution in [3.63, 3.8) is 0 Å². The molecule has 1 N–H and O–H groups in total. The van der Waals surface area contributed by atoms with E-state index in [0.717, 1.165) is 29.5 Å². The van der Waals surface area contributed by atoms with Crippen molar-refractivity contribution in [3.8, 4) is 0 Å². The van der Waals surface area contributed by atoms with Gasteiger partial charge in [0.15, 0.2) is 0 Å². The van der Waals surface area contributed by atoms with Crippen molar-refractivity contribution in [2.45, 2.75) is 37.3 Å². The van der Waals surface area contributed by atoms with Gasteiger partial charge in [-0.3, -0.25) is 0 Å². The van der Waals surface area contributed by atoms with Crippen LogP contribution in [0.1, 0.15) is 25.7 Å². The molecule has 2 aliphatic heterocycles. The highest BCUT2D eigenvalue weighted by Crippen LogP contribution is 2.36. The summed E-state index contributed by atoms with van der Waals surface area (Å²) in [5, 5.41) is 3.47. The van der Waals surface area contributed by atoms with Gasteiger partial charge in [0.1, 0.15) is 5.54 Å². The summed E-state index contributed by atoms with van der Waals surface area (Å²) < 4.78 is 6.12. The molecular weight excluding hydrogens is 332 g/mol. The Morgan fingerprint density at radius 1 is 1.48 bits per heavy atom. The van der Waals surface area contributed by atoms with Crippen LogP contribution in [0.2, 0.25) is 0 Å². The standard InChI is InChI=1S/C16H21BrN2O2/c1-21-15(20)16(18-13-5-2-4-12(17)10-13)7-9-19-8-3-6-14(19)11-16/h2,4-5,10,14,18H,3,6-9,11H2,1H3. The average Bonchev–Trinajstić information content (AvgIpc) is 2.93. The maximum atomic E-state index is 12.5. The topological polar surface area (TPSA) is 41.6 Å². The monoisotopic (exact) mass is 352 g/mol. The summed E-state index contributed by atoms with van der Waals surface area (Å²) in [6.07, 6.45) is 4.03. The number of anilines is 1. The first kappa shape index (κ1) is 14.9. The second-order valence-electron chi connectivity index (χ2n) is 6.00. The lowest BCUT2D eigenvalue weighted by atomic mass is 9.83. The Morgan fingerprint density at radius 3 is 3.10 bits per heavy atom. The van der Waals surface area contributed by atoms with Crippen molar-refractivity contribution in [1.29, 1.82) is 0 Å². The minimum absolute atomic E-state index is 0.144. The van der Waals surface area contributed by atoms with Crippen LogP contribution in [0.25, 0.3) is 0 Å². The van der Waals surface area contributed by atoms with E-state index in [1.54, 1.807) is 0 Å². The molecule has 2 unspecified atom stereocenters. The molecule has 0 bridgehead atoms. The number of carbonyl (C=O) groups is 1. The van der Waals surface area contributed by atoms with E-state index >= 15 is 0 Å². The van der Waals surface area contributed by atoms with Gasteiger partial charge in [-0.2, -0.15) is 0 Å². The third-order valence-corrected chi connectivity index (χ3v) is 5.19. The van der Waals surface area contributed by atoms with E-state index in [1.165, 1.54) is 26.5 Å². The fraction of sp³-hybridized carbons (Fsp3) is 0.562. The van der Waals surface area contributed by atoms with Crippen LogP contribution in [0.3, 0.4) is 0 Å². The van der Waals surface area contributed by atoms with E-state index in [1.807, 2.05) is 24.3 Å². The number of hydrogen-bond donors (Lipinski definition) is 1. The van der Waals surface area contributed by atoms with Gasteiger partial charge in [-0.25, -0.2) is 4.79 Å². The lowest BCUT2D eigenvalue weighted by molar-refractivity contribution is -0.148. The van der Waals surface area contributed by atoms with E-state index in [9.17, 15) is 4.79 Å². The second kappa shape index (κ2) is 5.97. The average molecular weight is 353 g/mol. The molecule has 0 aliphatic carbocycles. The summed E-state index contributed by atoms with van der Waals surface area (Å²) in [5.74, 6) is -0.144. The van der Waals surface area contributed by atoms with Gasteiger partial charge < -0.3 is 15.0 Å². The number of halogens is 1. The number of carbonyl (C=O) groups excluding carboxylic acids is 1. The molecule has 1 aromatic rings. The van der Waals surface area contributed by atoms with Crippen LogP contribution in [-0.2, 0) is 9.53 Å². The van der Waals surface area contributed by atoms with Crippen LogP contribution in [0, 0.1) is 0 Å². The maximum absolute atomic E-state index is 12.5. The van der Waals surface area contributed by atoms with Crippen LogP contribution in [0.4, 0.5) is 5.69 Å². The van der Waals surface area contributed by atoms with E-state index in [2.05, 4.69) is 26.1 Å². The highest BCUT2D eigenvalue weighted by Gasteiger charge is 2.47. The van der Waals surface area contributed by atoms with Gasteiger partial charge in [0, 0.05) is 22.7 Å². The van der Waals surface area contributed by atoms with Gasteiger partial charge in [-0.15, -0.1) is 0 Å². The van der Waals surface area contributed by atoms with Crippen molar-refractivity contribution >= 4 is 27.6 Å². The minimum Gasteiger partial charge on any atom is -0.467 e. The van der Waals surface area contributed by atoms with Gasteiger partial charge in [-0.1, -0.05) is 22.0 Å². The first-order valence-corrected chi connectivity index (χ1v) is 8.28. The fourth-order valence-corrected chi connectivity index (χ4v) is 4.05. The molecule has 21 heavy (non-hydrogen) atoms. The van der Waals surface area contributed by atoms with E-state index in [4.69, 9.17) is 4.74 Å². The van der Waals surface area contributed by atoms with Gasteiger partial charge >= 0.3 is 5.97 Å². The number of rotatable bonds is 3. The Bertz CT molecular complexity index is 537. The summed E-state index contributed by atoms with van der Waals surface area (Å²) in [7, 11) is 1.48. The van der Waals surface area contributed by atoms with Crippen LogP contribution in [0.5, 0.6) is 0 Å². The van der Waals surface area contributed by atoms with Gasteiger partial charge in [-0.05, 0) is 50.4 Å². The first-order chi connectivity index (χ1) is 10.1. The third kappa shape index (κ3) is 2.94. The number of hydrogen-bond acceptors (Lipinski definition) is 4. The zero-order valence-corrected chi connectivity index (χ0v) is 13.9. The predicted molar refractivity (Wildman–Crippen MR) is 86.3 cm³/mol. The number of esters is 1. The summed E-state index contributed by atoms with van der Waals surface area (Å²) in [6, 6.07) is 8.46. The molecule has 2 aliphatic rings. The van der Waals surface area contributed by atoms with Gasteiger partial charge in [0.25, 0.3) is 0 Å². The largest absolute Gasteiger partial charge is 0.467 e. The number of nitrogens with one attached hydrogen (secondary N) is 1. The zero-order chi connectivity index (χ0) is 14.9. The molecule has 4 nitrogen and oxygen atoms in total. The third-order valence-electron chi connectivity index (χ3n) is 4.69. The fourth-order valence-electron chi connectivity index (χ4n) is 3.65. The van der Waals surface area contributed by atoms with Crippen LogP contribution in [-0.4, -0.2) is 42.6 Å². The molecule has 5 heteroatoms. The number of methoxy groups -OCH3 is 1. The van der Waals surface area contributed by atoms with Crippen molar-refractivity contribution in [1.82, 2.24) is 4.90 Å². The minimum atomic E-state index is -0.596. The zero-order valence-electron chi connectivity index (χ0n) is 12.3. The molecule has 0 aromatic heterocycles. The normalized spacial score (nSPS) is 29.0. The van der Waals surface area contributed by atoms with Gasteiger partial charge in [0.05, 0.1) is 7.11 Å². The molecule has 2 heterocycles. The Hall–Kier alpha value is -1.07. The lowest BCUT2D eigenvalue weighted by Crippen LogP contribution is -2.57. The lowest BCUT2D eigenvalue weighted by Gasteiger charge is -2.43. The molecule has 2 saturated heterocycles. The Balaban J connectivity index is 1.85. The number of nitrogens with zero attached hydrogens (tertiary/aromatic N) is 1. The van der Waals surface area contributed by atoms with Gasteiger partial charge in [0.2, 0.25) is 0 Å². The molecule has 0 radical (unpaired) electrons. The van der Waals surface area contributed by atoms with Crippen molar-refractivity contribution in [2.75, 3.05) is 25.5 Å². The van der Waals surface area contributed by atoms with E-state index in [0.29, 0.717) is 6.04 Å². The highest BCUT2D eigenvalue weighted by atomic mass is 79.9. The molecular formula is C16H21BrN2O2. The number of fused-ring (bicyclic) bond motifs is 1. The number of benzene rings is 1. The summed E-state index contributed by atoms with van der Waals surface area (Å²) in [6.45, 7) is 2.12. The van der Waals surface area contributed by atoms with E-state index < -0.39 is 5.54 Å². The molecule has 0 saturated carbocycles. The predicted octanol–water partition coefficient (Wildman–Crippen LogP) is 3.03. The molecule has 114 valence electrons. The highest BCUT2D eigenvalue weighted by molar-refractivity contribution is 9.10. The first-order valence-electron chi connectivity index (χ1n) is 7.49. The molecule has 0 spiro atoms. The number of piperidine rings is 1. The van der Waals surface area contributed by atoms with Crippen LogP contribution >= 0.6 is 15.9 Å². The van der Waals surface area contributed by atoms with Crippen LogP contribution in [0.15, 0.2) is 28.7 Å². The molecule has 0 amide bonds. The smallest absolute Gasteiger partial charge is 0.331 e. The molecule has 2 fully saturated rings. The summed E-state index contributed by atoms with van der Waals surface area (Å²) in [4.78, 5) is 15.0.